The van der Waals surface area contributed by atoms with E-state index in [0.717, 1.165) is 25.0 Å². The zero-order valence-electron chi connectivity index (χ0n) is 7.10. The summed E-state index contributed by atoms with van der Waals surface area (Å²) in [5, 5.41) is 0. The second-order valence-electron chi connectivity index (χ2n) is 3.70. The van der Waals surface area contributed by atoms with Crippen molar-refractivity contribution < 1.29 is 4.74 Å². The fraction of sp³-hybridized carbons (Fsp3) is 1.00. The quantitative estimate of drug-likeness (QED) is 0.588. The maximum Gasteiger partial charge on any atom is 0.0495 e. The highest BCUT2D eigenvalue weighted by Crippen LogP contribution is 2.20. The van der Waals surface area contributed by atoms with Crippen molar-refractivity contribution in [2.24, 2.45) is 11.8 Å². The SMILES string of the molecule is CC(C)CCC1CCOC1. The summed E-state index contributed by atoms with van der Waals surface area (Å²) in [6, 6.07) is 0. The van der Waals surface area contributed by atoms with Gasteiger partial charge in [0.05, 0.1) is 0 Å². The van der Waals surface area contributed by atoms with Crippen LogP contribution in [0.25, 0.3) is 0 Å². The van der Waals surface area contributed by atoms with Crippen molar-refractivity contribution in [3.05, 3.63) is 0 Å². The molecule has 0 aromatic heterocycles. The Morgan fingerprint density at radius 2 is 2.30 bits per heavy atom. The molecule has 0 aliphatic carbocycles. The molecule has 0 N–H and O–H groups in total. The molecule has 1 atom stereocenters. The van der Waals surface area contributed by atoms with Crippen LogP contribution >= 0.6 is 0 Å². The lowest BCUT2D eigenvalue weighted by Gasteiger charge is -2.08. The Bertz CT molecular complexity index is 82.7. The van der Waals surface area contributed by atoms with Gasteiger partial charge < -0.3 is 4.74 Å². The average molecular weight is 142 g/mol. The zero-order valence-corrected chi connectivity index (χ0v) is 7.10. The average Bonchev–Trinajstić information content (AvgIpc) is 2.34. The molecule has 1 heteroatoms. The van der Waals surface area contributed by atoms with Gasteiger partial charge in [0.15, 0.2) is 0 Å². The molecule has 0 bridgehead atoms. The van der Waals surface area contributed by atoms with Gasteiger partial charge in [0.1, 0.15) is 0 Å². The Morgan fingerprint density at radius 1 is 1.50 bits per heavy atom. The summed E-state index contributed by atoms with van der Waals surface area (Å²) in [7, 11) is 0. The van der Waals surface area contributed by atoms with Crippen LogP contribution in [0.3, 0.4) is 0 Å². The summed E-state index contributed by atoms with van der Waals surface area (Å²) >= 11 is 0. The highest BCUT2D eigenvalue weighted by atomic mass is 16.5. The van der Waals surface area contributed by atoms with Crippen molar-refractivity contribution >= 4 is 0 Å². The Labute approximate surface area is 63.8 Å². The molecule has 10 heavy (non-hydrogen) atoms. The lowest BCUT2D eigenvalue weighted by molar-refractivity contribution is 0.183. The molecule has 1 heterocycles. The van der Waals surface area contributed by atoms with Crippen LogP contribution in [0.2, 0.25) is 0 Å². The first kappa shape index (κ1) is 8.06. The maximum absolute atomic E-state index is 5.29. The maximum atomic E-state index is 5.29. The predicted octanol–water partition coefficient (Wildman–Crippen LogP) is 2.46. The molecule has 1 fully saturated rings. The fourth-order valence-electron chi connectivity index (χ4n) is 1.38. The largest absolute Gasteiger partial charge is 0.381 e. The first-order valence-corrected chi connectivity index (χ1v) is 4.37. The fourth-order valence-corrected chi connectivity index (χ4v) is 1.38. The van der Waals surface area contributed by atoms with Gasteiger partial charge in [-0.25, -0.2) is 0 Å². The standard InChI is InChI=1S/C9H18O/c1-8(2)3-4-9-5-6-10-7-9/h8-9H,3-7H2,1-2H3. The third-order valence-corrected chi connectivity index (χ3v) is 2.18. The van der Waals surface area contributed by atoms with Crippen LogP contribution in [-0.2, 0) is 4.74 Å². The molecule has 0 saturated carbocycles. The van der Waals surface area contributed by atoms with Gasteiger partial charge in [0.2, 0.25) is 0 Å². The molecule has 1 nitrogen and oxygen atoms in total. The van der Waals surface area contributed by atoms with Crippen molar-refractivity contribution in [3.63, 3.8) is 0 Å². The monoisotopic (exact) mass is 142 g/mol. The van der Waals surface area contributed by atoms with Crippen molar-refractivity contribution in [2.45, 2.75) is 33.1 Å². The van der Waals surface area contributed by atoms with E-state index < -0.39 is 0 Å². The van der Waals surface area contributed by atoms with Gasteiger partial charge in [-0.2, -0.15) is 0 Å². The molecule has 1 aliphatic heterocycles. The van der Waals surface area contributed by atoms with Gasteiger partial charge >= 0.3 is 0 Å². The van der Waals surface area contributed by atoms with Crippen LogP contribution in [0.4, 0.5) is 0 Å². The smallest absolute Gasteiger partial charge is 0.0495 e. The van der Waals surface area contributed by atoms with Crippen molar-refractivity contribution in [3.8, 4) is 0 Å². The third-order valence-electron chi connectivity index (χ3n) is 2.18. The van der Waals surface area contributed by atoms with E-state index in [1.165, 1.54) is 19.3 Å². The normalized spacial score (nSPS) is 26.1. The van der Waals surface area contributed by atoms with Gasteiger partial charge in [-0.3, -0.25) is 0 Å². The topological polar surface area (TPSA) is 9.23 Å². The number of hydrogen-bond acceptors (Lipinski definition) is 1. The van der Waals surface area contributed by atoms with Crippen LogP contribution in [0.5, 0.6) is 0 Å². The van der Waals surface area contributed by atoms with E-state index >= 15 is 0 Å². The Kier molecular flexibility index (Phi) is 3.20. The molecular formula is C9H18O. The molecule has 60 valence electrons. The molecule has 0 aromatic rings. The summed E-state index contributed by atoms with van der Waals surface area (Å²) in [5.41, 5.74) is 0. The van der Waals surface area contributed by atoms with Crippen LogP contribution in [-0.4, -0.2) is 13.2 Å². The van der Waals surface area contributed by atoms with E-state index in [0.29, 0.717) is 0 Å². The van der Waals surface area contributed by atoms with Crippen LogP contribution in [0.15, 0.2) is 0 Å². The number of rotatable bonds is 3. The Morgan fingerprint density at radius 3 is 2.80 bits per heavy atom. The summed E-state index contributed by atoms with van der Waals surface area (Å²) in [6.07, 6.45) is 4.04. The molecule has 0 radical (unpaired) electrons. The lowest BCUT2D eigenvalue weighted by Crippen LogP contribution is -2.00. The molecule has 1 rings (SSSR count). The van der Waals surface area contributed by atoms with E-state index in [1.54, 1.807) is 0 Å². The second-order valence-corrected chi connectivity index (χ2v) is 3.70. The van der Waals surface area contributed by atoms with Crippen LogP contribution < -0.4 is 0 Å². The van der Waals surface area contributed by atoms with Crippen LogP contribution in [0.1, 0.15) is 33.1 Å². The summed E-state index contributed by atoms with van der Waals surface area (Å²) in [5.74, 6) is 1.74. The van der Waals surface area contributed by atoms with E-state index in [1.807, 2.05) is 0 Å². The molecule has 0 aromatic carbocycles. The summed E-state index contributed by atoms with van der Waals surface area (Å²) in [6.45, 7) is 6.60. The molecule has 0 spiro atoms. The van der Waals surface area contributed by atoms with Gasteiger partial charge in [-0.05, 0) is 24.7 Å². The summed E-state index contributed by atoms with van der Waals surface area (Å²) in [4.78, 5) is 0. The Hall–Kier alpha value is -0.0400. The minimum Gasteiger partial charge on any atom is -0.381 e. The minimum atomic E-state index is 0.862. The number of ether oxygens (including phenoxy) is 1. The van der Waals surface area contributed by atoms with Crippen molar-refractivity contribution in [1.82, 2.24) is 0 Å². The second kappa shape index (κ2) is 3.97. The first-order chi connectivity index (χ1) is 4.79. The summed E-state index contributed by atoms with van der Waals surface area (Å²) < 4.78 is 5.29. The van der Waals surface area contributed by atoms with E-state index in [9.17, 15) is 0 Å². The van der Waals surface area contributed by atoms with Gasteiger partial charge in [-0.1, -0.05) is 20.3 Å². The molecule has 0 amide bonds. The zero-order chi connectivity index (χ0) is 7.40. The van der Waals surface area contributed by atoms with Gasteiger partial charge in [-0.15, -0.1) is 0 Å². The minimum absolute atomic E-state index is 0.862. The molecule has 1 unspecified atom stereocenters. The van der Waals surface area contributed by atoms with Crippen molar-refractivity contribution in [1.29, 1.82) is 0 Å². The van der Waals surface area contributed by atoms with Gasteiger partial charge in [0, 0.05) is 13.2 Å². The predicted molar refractivity (Wildman–Crippen MR) is 43.0 cm³/mol. The molecule has 1 saturated heterocycles. The number of hydrogen-bond donors (Lipinski definition) is 0. The van der Waals surface area contributed by atoms with Crippen molar-refractivity contribution in [2.75, 3.05) is 13.2 Å². The van der Waals surface area contributed by atoms with Crippen LogP contribution in [0, 0.1) is 11.8 Å². The van der Waals surface area contributed by atoms with E-state index in [4.69, 9.17) is 4.74 Å². The molecular weight excluding hydrogens is 124 g/mol. The highest BCUT2D eigenvalue weighted by molar-refractivity contribution is 4.64. The van der Waals surface area contributed by atoms with E-state index in [-0.39, 0.29) is 0 Å². The first-order valence-electron chi connectivity index (χ1n) is 4.37. The Balaban J connectivity index is 2.01. The van der Waals surface area contributed by atoms with Gasteiger partial charge in [0.25, 0.3) is 0 Å². The highest BCUT2D eigenvalue weighted by Gasteiger charge is 2.14. The third kappa shape index (κ3) is 2.70. The molecule has 1 aliphatic rings. The van der Waals surface area contributed by atoms with E-state index in [2.05, 4.69) is 13.8 Å². The lowest BCUT2D eigenvalue weighted by atomic mass is 9.97.